The first kappa shape index (κ1) is 5.74. The van der Waals surface area contributed by atoms with Gasteiger partial charge in [0.1, 0.15) is 0 Å². The lowest BCUT2D eigenvalue weighted by Gasteiger charge is -1.76. The van der Waals surface area contributed by atoms with Crippen molar-refractivity contribution in [3.8, 4) is 0 Å². The molecule has 0 heterocycles. The summed E-state index contributed by atoms with van der Waals surface area (Å²) in [5, 5.41) is 0. The zero-order valence-electron chi connectivity index (χ0n) is 4.57. The number of allylic oxidation sites excluding steroid dienone is 2. The molecule has 0 unspecified atom stereocenters. The van der Waals surface area contributed by atoms with Gasteiger partial charge in [0.25, 0.3) is 0 Å². The van der Waals surface area contributed by atoms with Gasteiger partial charge in [-0.1, -0.05) is 25.5 Å². The zero-order valence-corrected chi connectivity index (χ0v) is 4.57. The van der Waals surface area contributed by atoms with Gasteiger partial charge >= 0.3 is 0 Å². The standard InChI is InChI=1S/C6H12/c1-3-5-6-4-2/h3,5H,4,6H2,1-2H3/b5-3-. The molecule has 0 saturated heterocycles. The smallest absolute Gasteiger partial charge is 0.0353 e. The van der Waals surface area contributed by atoms with Crippen molar-refractivity contribution in [3.63, 3.8) is 0 Å². The van der Waals surface area contributed by atoms with Crippen LogP contribution < -0.4 is 0 Å². The van der Waals surface area contributed by atoms with Crippen LogP contribution in [-0.2, 0) is 0 Å². The van der Waals surface area contributed by atoms with E-state index < -0.39 is 0 Å². The molecule has 6 heavy (non-hydrogen) atoms. The van der Waals surface area contributed by atoms with Crippen LogP contribution in [0.3, 0.4) is 0 Å². The molecule has 0 spiro atoms. The number of unbranched alkanes of at least 4 members (excludes halogenated alkanes) is 1. The Bertz CT molecular complexity index is 35.3. The van der Waals surface area contributed by atoms with Gasteiger partial charge in [-0.2, -0.15) is 0 Å². The maximum atomic E-state index is 2.18. The van der Waals surface area contributed by atoms with Gasteiger partial charge in [-0.05, 0) is 13.3 Å². The van der Waals surface area contributed by atoms with Crippen LogP contribution >= 0.6 is 0 Å². The van der Waals surface area contributed by atoms with Gasteiger partial charge in [0.2, 0.25) is 0 Å². The summed E-state index contributed by atoms with van der Waals surface area (Å²) in [4.78, 5) is 0. The van der Waals surface area contributed by atoms with Crippen molar-refractivity contribution in [2.24, 2.45) is 0 Å². The summed E-state index contributed by atoms with van der Waals surface area (Å²) in [6.07, 6.45) is 6.77. The van der Waals surface area contributed by atoms with Crippen LogP contribution in [-0.4, -0.2) is 0 Å². The summed E-state index contributed by atoms with van der Waals surface area (Å²) in [7, 11) is 0. The molecule has 0 aromatic heterocycles. The SMILES string of the molecule is C/C=C\CCC. The number of hydrogen-bond acceptors (Lipinski definition) is 0. The highest BCUT2D eigenvalue weighted by Gasteiger charge is 1.64. The van der Waals surface area contributed by atoms with Gasteiger partial charge in [-0.25, -0.2) is 0 Å². The summed E-state index contributed by atoms with van der Waals surface area (Å²) in [6.45, 7) is 4.23. The topological polar surface area (TPSA) is 0 Å². The highest BCUT2D eigenvalue weighted by Crippen LogP contribution is 1.85. The second kappa shape index (κ2) is 4.74. The van der Waals surface area contributed by atoms with E-state index in [0.717, 1.165) is 0 Å². The summed E-state index contributed by atoms with van der Waals surface area (Å²) in [5.74, 6) is 0. The van der Waals surface area contributed by atoms with Crippen molar-refractivity contribution >= 4 is 0 Å². The van der Waals surface area contributed by atoms with Gasteiger partial charge in [0, 0.05) is 0 Å². The Morgan fingerprint density at radius 1 is 1.50 bits per heavy atom. The largest absolute Gasteiger partial charge is 0.0917 e. The Hall–Kier alpha value is -0.260. The van der Waals surface area contributed by atoms with Crippen molar-refractivity contribution in [1.29, 1.82) is 0 Å². The minimum Gasteiger partial charge on any atom is -0.0917 e. The van der Waals surface area contributed by atoms with E-state index in [0.29, 0.717) is 0 Å². The van der Waals surface area contributed by atoms with Gasteiger partial charge in [0.15, 0.2) is 0 Å². The van der Waals surface area contributed by atoms with E-state index in [1.54, 1.807) is 0 Å². The molecule has 0 aliphatic carbocycles. The lowest BCUT2D eigenvalue weighted by molar-refractivity contribution is 0.957. The minimum absolute atomic E-state index is 1.23. The first-order chi connectivity index (χ1) is 2.91. The van der Waals surface area contributed by atoms with Crippen LogP contribution in [0.25, 0.3) is 0 Å². The van der Waals surface area contributed by atoms with Gasteiger partial charge in [0.05, 0.1) is 0 Å². The Labute approximate surface area is 39.9 Å². The average molecular weight is 84.2 g/mol. The summed E-state index contributed by atoms with van der Waals surface area (Å²) in [6, 6.07) is 0. The molecule has 0 atom stereocenters. The average Bonchev–Trinajstić information content (AvgIpc) is 1.61. The molecule has 0 N–H and O–H groups in total. The second-order valence-corrected chi connectivity index (χ2v) is 1.36. The lowest BCUT2D eigenvalue weighted by atomic mass is 10.3. The molecule has 0 heteroatoms. The second-order valence-electron chi connectivity index (χ2n) is 1.36. The van der Waals surface area contributed by atoms with Gasteiger partial charge in [-0.15, -0.1) is 0 Å². The third-order valence-corrected chi connectivity index (χ3v) is 0.691. The van der Waals surface area contributed by atoms with Crippen LogP contribution in [0.2, 0.25) is 0 Å². The molecular weight excluding hydrogens is 72.1 g/mol. The predicted octanol–water partition coefficient (Wildman–Crippen LogP) is 2.36. The van der Waals surface area contributed by atoms with E-state index in [4.69, 9.17) is 0 Å². The molecule has 0 aliphatic rings. The Morgan fingerprint density at radius 3 is 2.33 bits per heavy atom. The summed E-state index contributed by atoms with van der Waals surface area (Å²) < 4.78 is 0. The molecule has 0 aliphatic heterocycles. The van der Waals surface area contributed by atoms with Crippen molar-refractivity contribution in [2.45, 2.75) is 26.7 Å². The maximum absolute atomic E-state index is 2.18. The van der Waals surface area contributed by atoms with Crippen LogP contribution in [0, 0.1) is 0 Å². The monoisotopic (exact) mass is 84.1 g/mol. The normalized spacial score (nSPS) is 10.3. The van der Waals surface area contributed by atoms with E-state index in [1.165, 1.54) is 12.8 Å². The molecule has 0 aromatic carbocycles. The first-order valence-corrected chi connectivity index (χ1v) is 2.53. The predicted molar refractivity (Wildman–Crippen MR) is 29.7 cm³/mol. The molecule has 0 saturated carbocycles. The molecule has 0 amide bonds. The van der Waals surface area contributed by atoms with Crippen molar-refractivity contribution in [3.05, 3.63) is 12.2 Å². The van der Waals surface area contributed by atoms with Crippen molar-refractivity contribution in [2.75, 3.05) is 0 Å². The van der Waals surface area contributed by atoms with Crippen LogP contribution in [0.5, 0.6) is 0 Å². The fraction of sp³-hybridized carbons (Fsp3) is 0.667. The van der Waals surface area contributed by atoms with E-state index in [-0.39, 0.29) is 0 Å². The molecule has 0 bridgehead atoms. The fourth-order valence-electron chi connectivity index (χ4n) is 0.333. The molecule has 0 aromatic rings. The molecular formula is C6H12. The van der Waals surface area contributed by atoms with Crippen molar-refractivity contribution in [1.82, 2.24) is 0 Å². The Morgan fingerprint density at radius 2 is 2.17 bits per heavy atom. The van der Waals surface area contributed by atoms with Crippen LogP contribution in [0.15, 0.2) is 12.2 Å². The third kappa shape index (κ3) is 3.74. The quantitative estimate of drug-likeness (QED) is 0.450. The van der Waals surface area contributed by atoms with Gasteiger partial charge < -0.3 is 0 Å². The summed E-state index contributed by atoms with van der Waals surface area (Å²) >= 11 is 0. The van der Waals surface area contributed by atoms with E-state index in [2.05, 4.69) is 26.0 Å². The maximum Gasteiger partial charge on any atom is -0.0353 e. The van der Waals surface area contributed by atoms with Crippen LogP contribution in [0.1, 0.15) is 26.7 Å². The molecule has 36 valence electrons. The van der Waals surface area contributed by atoms with E-state index >= 15 is 0 Å². The fourth-order valence-corrected chi connectivity index (χ4v) is 0.333. The highest BCUT2D eigenvalue weighted by molar-refractivity contribution is 4.75. The number of rotatable bonds is 2. The minimum atomic E-state index is 1.23. The van der Waals surface area contributed by atoms with E-state index in [1.807, 2.05) is 0 Å². The Kier molecular flexibility index (Phi) is 4.53. The number of hydrogen-bond donors (Lipinski definition) is 0. The van der Waals surface area contributed by atoms with Crippen molar-refractivity contribution < 1.29 is 0 Å². The summed E-state index contributed by atoms with van der Waals surface area (Å²) in [5.41, 5.74) is 0. The third-order valence-electron chi connectivity index (χ3n) is 0.691. The molecule has 0 rings (SSSR count). The molecule has 0 radical (unpaired) electrons. The first-order valence-electron chi connectivity index (χ1n) is 2.53. The zero-order chi connectivity index (χ0) is 4.83. The van der Waals surface area contributed by atoms with Gasteiger partial charge in [-0.3, -0.25) is 0 Å². The van der Waals surface area contributed by atoms with E-state index in [9.17, 15) is 0 Å². The Balaban J connectivity index is 2.66. The molecule has 0 fully saturated rings. The van der Waals surface area contributed by atoms with Crippen LogP contribution in [0.4, 0.5) is 0 Å². The molecule has 0 nitrogen and oxygen atoms in total. The highest BCUT2D eigenvalue weighted by atomic mass is 13.7. The lowest BCUT2D eigenvalue weighted by Crippen LogP contribution is -1.55.